The van der Waals surface area contributed by atoms with Crippen molar-refractivity contribution in [3.05, 3.63) is 95.6 Å². The highest BCUT2D eigenvalue weighted by Crippen LogP contribution is 2.25. The molecule has 0 heterocycles. The fraction of sp³-hybridized carbons (Fsp3) is 0.0526. The molecule has 3 rings (SSSR count). The second-order valence-corrected chi connectivity index (χ2v) is 4.50. The maximum atomic E-state index is 3.29. The molecule has 2 aromatic rings. The van der Waals surface area contributed by atoms with Crippen molar-refractivity contribution in [3.8, 4) is 11.8 Å². The smallest absolute Gasteiger partial charge is 0.0290 e. The second-order valence-electron chi connectivity index (χ2n) is 4.50. The van der Waals surface area contributed by atoms with Gasteiger partial charge in [-0.15, -0.1) is 0 Å². The van der Waals surface area contributed by atoms with Crippen molar-refractivity contribution in [2.45, 2.75) is 5.92 Å². The predicted molar refractivity (Wildman–Crippen MR) is 79.9 cm³/mol. The zero-order valence-electron chi connectivity index (χ0n) is 10.6. The molecule has 0 fully saturated rings. The fourth-order valence-electron chi connectivity index (χ4n) is 2.20. The van der Waals surface area contributed by atoms with Crippen LogP contribution in [0.25, 0.3) is 0 Å². The zero-order valence-corrected chi connectivity index (χ0v) is 10.6. The maximum Gasteiger partial charge on any atom is 0.0290 e. The van der Waals surface area contributed by atoms with Gasteiger partial charge in [0.15, 0.2) is 0 Å². The van der Waals surface area contributed by atoms with Gasteiger partial charge >= 0.3 is 0 Å². The SMILES string of the molecule is C(#Cc1ccccc1C1C=CC=C1)c1ccccc1. The zero-order chi connectivity index (χ0) is 12.9. The van der Waals surface area contributed by atoms with E-state index in [1.54, 1.807) is 0 Å². The minimum Gasteiger partial charge on any atom is -0.0732 e. The van der Waals surface area contributed by atoms with E-state index in [2.05, 4.69) is 54.3 Å². The summed E-state index contributed by atoms with van der Waals surface area (Å²) in [5.74, 6) is 6.88. The van der Waals surface area contributed by atoms with Gasteiger partial charge in [-0.25, -0.2) is 0 Å². The van der Waals surface area contributed by atoms with E-state index in [0.29, 0.717) is 5.92 Å². The molecule has 0 aliphatic heterocycles. The molecule has 1 aliphatic rings. The van der Waals surface area contributed by atoms with Gasteiger partial charge in [-0.3, -0.25) is 0 Å². The standard InChI is InChI=1S/C19H14/c1-2-8-16(9-3-1)14-15-18-12-6-7-13-19(18)17-10-4-5-11-17/h1-13,17H. The van der Waals surface area contributed by atoms with E-state index in [1.807, 2.05) is 36.4 Å². The van der Waals surface area contributed by atoms with Crippen LogP contribution < -0.4 is 0 Å². The summed E-state index contributed by atoms with van der Waals surface area (Å²) in [6.45, 7) is 0. The first-order valence-electron chi connectivity index (χ1n) is 6.44. The molecule has 0 nitrogen and oxygen atoms in total. The lowest BCUT2D eigenvalue weighted by molar-refractivity contribution is 1.10. The van der Waals surface area contributed by atoms with Crippen LogP contribution in [0.2, 0.25) is 0 Å². The topological polar surface area (TPSA) is 0 Å². The minimum atomic E-state index is 0.362. The number of allylic oxidation sites excluding steroid dienone is 4. The molecule has 0 bridgehead atoms. The summed E-state index contributed by atoms with van der Waals surface area (Å²) in [5.41, 5.74) is 3.43. The number of rotatable bonds is 1. The highest BCUT2D eigenvalue weighted by molar-refractivity contribution is 5.50. The Morgan fingerprint density at radius 2 is 1.37 bits per heavy atom. The fourth-order valence-corrected chi connectivity index (χ4v) is 2.20. The summed E-state index contributed by atoms with van der Waals surface area (Å²) in [6.07, 6.45) is 8.57. The number of hydrogen-bond donors (Lipinski definition) is 0. The quantitative estimate of drug-likeness (QED) is 0.654. The largest absolute Gasteiger partial charge is 0.0732 e. The van der Waals surface area contributed by atoms with Gasteiger partial charge in [0, 0.05) is 17.0 Å². The summed E-state index contributed by atoms with van der Waals surface area (Å²) in [5, 5.41) is 0. The van der Waals surface area contributed by atoms with Gasteiger partial charge in [0.2, 0.25) is 0 Å². The molecule has 0 N–H and O–H groups in total. The Kier molecular flexibility index (Phi) is 3.30. The van der Waals surface area contributed by atoms with Crippen LogP contribution in [0.3, 0.4) is 0 Å². The molecular formula is C19H14. The Morgan fingerprint density at radius 1 is 0.684 bits per heavy atom. The lowest BCUT2D eigenvalue weighted by atomic mass is 9.95. The highest BCUT2D eigenvalue weighted by Gasteiger charge is 2.09. The van der Waals surface area contributed by atoms with Crippen molar-refractivity contribution in [2.24, 2.45) is 0 Å². The molecule has 0 saturated carbocycles. The summed E-state index contributed by atoms with van der Waals surface area (Å²) in [7, 11) is 0. The first-order valence-corrected chi connectivity index (χ1v) is 6.44. The second kappa shape index (κ2) is 5.42. The molecule has 2 aromatic carbocycles. The number of hydrogen-bond acceptors (Lipinski definition) is 0. The summed E-state index contributed by atoms with van der Waals surface area (Å²) in [6, 6.07) is 18.5. The molecule has 0 heteroatoms. The van der Waals surface area contributed by atoms with Crippen molar-refractivity contribution in [3.63, 3.8) is 0 Å². The van der Waals surface area contributed by atoms with Crippen LogP contribution >= 0.6 is 0 Å². The van der Waals surface area contributed by atoms with Crippen LogP contribution in [-0.4, -0.2) is 0 Å². The van der Waals surface area contributed by atoms with Crippen molar-refractivity contribution >= 4 is 0 Å². The van der Waals surface area contributed by atoms with Gasteiger partial charge in [0.1, 0.15) is 0 Å². The minimum absolute atomic E-state index is 0.362. The monoisotopic (exact) mass is 242 g/mol. The Bertz CT molecular complexity index is 667. The van der Waals surface area contributed by atoms with Gasteiger partial charge in [0.05, 0.1) is 0 Å². The van der Waals surface area contributed by atoms with Crippen molar-refractivity contribution in [1.29, 1.82) is 0 Å². The first kappa shape index (κ1) is 11.6. The van der Waals surface area contributed by atoms with E-state index in [0.717, 1.165) is 11.1 Å². The third-order valence-electron chi connectivity index (χ3n) is 3.18. The molecule has 0 aromatic heterocycles. The van der Waals surface area contributed by atoms with Crippen LogP contribution in [0.5, 0.6) is 0 Å². The lowest BCUT2D eigenvalue weighted by Gasteiger charge is -2.08. The molecule has 0 unspecified atom stereocenters. The Balaban J connectivity index is 1.96. The van der Waals surface area contributed by atoms with E-state index in [9.17, 15) is 0 Å². The van der Waals surface area contributed by atoms with E-state index in [4.69, 9.17) is 0 Å². The van der Waals surface area contributed by atoms with E-state index in [1.165, 1.54) is 5.56 Å². The van der Waals surface area contributed by atoms with Crippen LogP contribution in [0.4, 0.5) is 0 Å². The van der Waals surface area contributed by atoms with Gasteiger partial charge in [-0.05, 0) is 23.8 Å². The van der Waals surface area contributed by atoms with Gasteiger partial charge in [-0.1, -0.05) is 72.5 Å². The first-order chi connectivity index (χ1) is 9.43. The van der Waals surface area contributed by atoms with Gasteiger partial charge < -0.3 is 0 Å². The molecule has 1 aliphatic carbocycles. The molecule has 90 valence electrons. The number of benzene rings is 2. The molecule has 19 heavy (non-hydrogen) atoms. The third-order valence-corrected chi connectivity index (χ3v) is 3.18. The van der Waals surface area contributed by atoms with E-state index in [-0.39, 0.29) is 0 Å². The van der Waals surface area contributed by atoms with Crippen LogP contribution in [0.15, 0.2) is 78.9 Å². The molecule has 0 spiro atoms. The normalized spacial score (nSPS) is 13.3. The molecule has 0 radical (unpaired) electrons. The van der Waals surface area contributed by atoms with Crippen molar-refractivity contribution in [1.82, 2.24) is 0 Å². The molecule has 0 amide bonds. The summed E-state index contributed by atoms with van der Waals surface area (Å²) < 4.78 is 0. The summed E-state index contributed by atoms with van der Waals surface area (Å²) >= 11 is 0. The third kappa shape index (κ3) is 2.67. The lowest BCUT2D eigenvalue weighted by Crippen LogP contribution is -1.93. The van der Waals surface area contributed by atoms with Gasteiger partial charge in [0.25, 0.3) is 0 Å². The Morgan fingerprint density at radius 3 is 2.16 bits per heavy atom. The summed E-state index contributed by atoms with van der Waals surface area (Å²) in [4.78, 5) is 0. The molecule has 0 saturated heterocycles. The van der Waals surface area contributed by atoms with E-state index >= 15 is 0 Å². The van der Waals surface area contributed by atoms with Crippen molar-refractivity contribution in [2.75, 3.05) is 0 Å². The predicted octanol–water partition coefficient (Wildman–Crippen LogP) is 4.30. The average molecular weight is 242 g/mol. The molecule has 0 atom stereocenters. The van der Waals surface area contributed by atoms with Crippen LogP contribution in [0.1, 0.15) is 22.6 Å². The Labute approximate surface area is 114 Å². The average Bonchev–Trinajstić information content (AvgIpc) is 3.01. The Hall–Kier alpha value is -2.52. The van der Waals surface area contributed by atoms with Crippen LogP contribution in [-0.2, 0) is 0 Å². The van der Waals surface area contributed by atoms with Crippen LogP contribution in [0, 0.1) is 11.8 Å². The highest BCUT2D eigenvalue weighted by atomic mass is 14.1. The van der Waals surface area contributed by atoms with E-state index < -0.39 is 0 Å². The van der Waals surface area contributed by atoms with Crippen molar-refractivity contribution < 1.29 is 0 Å². The maximum absolute atomic E-state index is 3.29. The molecular weight excluding hydrogens is 228 g/mol. The van der Waals surface area contributed by atoms with Gasteiger partial charge in [-0.2, -0.15) is 0 Å².